The minimum atomic E-state index is -0.950. The molecule has 104 valence electrons. The number of benzene rings is 1. The van der Waals surface area contributed by atoms with E-state index in [9.17, 15) is 9.59 Å². The Balaban J connectivity index is 2.28. The van der Waals surface area contributed by atoms with Crippen molar-refractivity contribution in [3.05, 3.63) is 41.2 Å². The summed E-state index contributed by atoms with van der Waals surface area (Å²) in [5.41, 5.74) is 0.210. The lowest BCUT2D eigenvalue weighted by molar-refractivity contribution is -0.137. The molecule has 1 aromatic heterocycles. The van der Waals surface area contributed by atoms with Crippen LogP contribution < -0.4 is 0 Å². The molecule has 0 aliphatic rings. The van der Waals surface area contributed by atoms with Crippen molar-refractivity contribution in [3.8, 4) is 0 Å². The van der Waals surface area contributed by atoms with Gasteiger partial charge in [-0.15, -0.1) is 0 Å². The third-order valence-electron chi connectivity index (χ3n) is 2.92. The van der Waals surface area contributed by atoms with Crippen LogP contribution in [0.15, 0.2) is 30.3 Å². The topological polar surface area (TPSA) is 70.5 Å². The van der Waals surface area contributed by atoms with Crippen LogP contribution >= 0.6 is 11.6 Å². The molecule has 1 heterocycles. The molecule has 1 N–H and O–H groups in total. The van der Waals surface area contributed by atoms with E-state index in [4.69, 9.17) is 16.7 Å². The highest BCUT2D eigenvalue weighted by Crippen LogP contribution is 2.22. The fraction of sp³-hybridized carbons (Fsp3) is 0.214. The summed E-state index contributed by atoms with van der Waals surface area (Å²) >= 11 is 6.06. The van der Waals surface area contributed by atoms with E-state index in [0.29, 0.717) is 0 Å². The van der Waals surface area contributed by atoms with Gasteiger partial charge in [-0.1, -0.05) is 35.9 Å². The lowest BCUT2D eigenvalue weighted by Gasteiger charge is -2.16. The molecule has 1 aromatic carbocycles. The van der Waals surface area contributed by atoms with Crippen LogP contribution in [-0.2, 0) is 4.79 Å². The zero-order valence-electron chi connectivity index (χ0n) is 10.8. The first-order valence-electron chi connectivity index (χ1n) is 6.01. The van der Waals surface area contributed by atoms with Crippen molar-refractivity contribution in [3.63, 3.8) is 0 Å². The largest absolute Gasteiger partial charge is 0.481 e. The van der Waals surface area contributed by atoms with Crippen LogP contribution in [0, 0.1) is 0 Å². The van der Waals surface area contributed by atoms with Crippen molar-refractivity contribution in [1.82, 2.24) is 9.88 Å². The van der Waals surface area contributed by atoms with Crippen molar-refractivity contribution in [2.45, 2.75) is 6.42 Å². The summed E-state index contributed by atoms with van der Waals surface area (Å²) in [6, 6.07) is 9.02. The van der Waals surface area contributed by atoms with Crippen LogP contribution in [0.1, 0.15) is 16.9 Å². The van der Waals surface area contributed by atoms with Crippen molar-refractivity contribution >= 4 is 34.2 Å². The van der Waals surface area contributed by atoms with Gasteiger partial charge in [-0.05, 0) is 11.5 Å². The number of rotatable bonds is 4. The highest BCUT2D eigenvalue weighted by molar-refractivity contribution is 6.34. The van der Waals surface area contributed by atoms with Gasteiger partial charge >= 0.3 is 5.97 Å². The summed E-state index contributed by atoms with van der Waals surface area (Å²) in [5.74, 6) is -1.30. The number of pyridine rings is 1. The van der Waals surface area contributed by atoms with Gasteiger partial charge in [0.15, 0.2) is 0 Å². The van der Waals surface area contributed by atoms with Gasteiger partial charge in [-0.3, -0.25) is 9.59 Å². The Hall–Kier alpha value is -2.14. The van der Waals surface area contributed by atoms with E-state index in [1.165, 1.54) is 11.9 Å². The van der Waals surface area contributed by atoms with Crippen LogP contribution in [0.4, 0.5) is 0 Å². The molecule has 0 saturated carbocycles. The SMILES string of the molecule is CN(CCC(=O)O)C(=O)c1cc2ccccc2c(Cl)n1. The summed E-state index contributed by atoms with van der Waals surface area (Å²) in [5, 5.41) is 10.5. The predicted molar refractivity (Wildman–Crippen MR) is 76.0 cm³/mol. The van der Waals surface area contributed by atoms with Crippen LogP contribution in [0.2, 0.25) is 5.15 Å². The normalized spacial score (nSPS) is 10.5. The minimum Gasteiger partial charge on any atom is -0.481 e. The molecule has 0 unspecified atom stereocenters. The molecule has 0 aliphatic carbocycles. The Morgan fingerprint density at radius 3 is 2.75 bits per heavy atom. The number of carbonyl (C=O) groups is 2. The van der Waals surface area contributed by atoms with Gasteiger partial charge in [-0.25, -0.2) is 4.98 Å². The Morgan fingerprint density at radius 2 is 2.05 bits per heavy atom. The fourth-order valence-electron chi connectivity index (χ4n) is 1.83. The Morgan fingerprint density at radius 1 is 1.35 bits per heavy atom. The lowest BCUT2D eigenvalue weighted by Crippen LogP contribution is -2.29. The van der Waals surface area contributed by atoms with Gasteiger partial charge in [0, 0.05) is 19.0 Å². The average Bonchev–Trinajstić information content (AvgIpc) is 2.43. The second kappa shape index (κ2) is 5.88. The van der Waals surface area contributed by atoms with Crippen LogP contribution in [0.25, 0.3) is 10.8 Å². The van der Waals surface area contributed by atoms with Crippen molar-refractivity contribution in [2.75, 3.05) is 13.6 Å². The smallest absolute Gasteiger partial charge is 0.305 e. The van der Waals surface area contributed by atoms with Crippen molar-refractivity contribution in [1.29, 1.82) is 0 Å². The zero-order chi connectivity index (χ0) is 14.7. The maximum Gasteiger partial charge on any atom is 0.305 e. The molecule has 0 spiro atoms. The van der Waals surface area contributed by atoms with E-state index in [-0.39, 0.29) is 29.7 Å². The number of halogens is 1. The average molecular weight is 293 g/mol. The number of aromatic nitrogens is 1. The number of amides is 1. The standard InChI is InChI=1S/C14H13ClN2O3/c1-17(7-6-12(18)19)14(20)11-8-9-4-2-3-5-10(9)13(15)16-11/h2-5,8H,6-7H2,1H3,(H,18,19). The predicted octanol–water partition coefficient (Wildman–Crippen LogP) is 2.43. The number of fused-ring (bicyclic) bond motifs is 1. The van der Waals surface area contributed by atoms with E-state index in [2.05, 4.69) is 4.98 Å². The first-order valence-corrected chi connectivity index (χ1v) is 6.39. The van der Waals surface area contributed by atoms with Crippen molar-refractivity contribution in [2.24, 2.45) is 0 Å². The molecule has 6 heteroatoms. The summed E-state index contributed by atoms with van der Waals surface area (Å²) in [4.78, 5) is 28.1. The Kier molecular flexibility index (Phi) is 4.20. The molecule has 20 heavy (non-hydrogen) atoms. The van der Waals surface area contributed by atoms with Gasteiger partial charge in [0.25, 0.3) is 5.91 Å². The molecule has 1 amide bonds. The third kappa shape index (κ3) is 3.05. The molecule has 2 aromatic rings. The van der Waals surface area contributed by atoms with Gasteiger partial charge in [0.2, 0.25) is 0 Å². The number of aliphatic carboxylic acids is 1. The minimum absolute atomic E-state index is 0.108. The van der Waals surface area contributed by atoms with Crippen LogP contribution in [0.3, 0.4) is 0 Å². The molecular formula is C14H13ClN2O3. The Bertz CT molecular complexity index is 673. The molecule has 5 nitrogen and oxygen atoms in total. The number of carboxylic acids is 1. The van der Waals surface area contributed by atoms with Crippen LogP contribution in [0.5, 0.6) is 0 Å². The third-order valence-corrected chi connectivity index (χ3v) is 3.21. The highest BCUT2D eigenvalue weighted by Gasteiger charge is 2.16. The maximum absolute atomic E-state index is 12.2. The maximum atomic E-state index is 12.2. The molecule has 0 fully saturated rings. The summed E-state index contributed by atoms with van der Waals surface area (Å²) in [6.07, 6.45) is -0.108. The van der Waals surface area contributed by atoms with E-state index >= 15 is 0 Å². The monoisotopic (exact) mass is 292 g/mol. The molecule has 0 bridgehead atoms. The fourth-order valence-corrected chi connectivity index (χ4v) is 2.09. The van der Waals surface area contributed by atoms with Crippen LogP contribution in [-0.4, -0.2) is 40.5 Å². The van der Waals surface area contributed by atoms with Crippen molar-refractivity contribution < 1.29 is 14.7 Å². The second-order valence-electron chi connectivity index (χ2n) is 4.39. The molecular weight excluding hydrogens is 280 g/mol. The molecule has 0 aliphatic heterocycles. The number of hydrogen-bond donors (Lipinski definition) is 1. The first-order chi connectivity index (χ1) is 9.49. The quantitative estimate of drug-likeness (QED) is 0.879. The van der Waals surface area contributed by atoms with Gasteiger partial charge < -0.3 is 10.0 Å². The second-order valence-corrected chi connectivity index (χ2v) is 4.75. The number of carboxylic acid groups (broad SMARTS) is 1. The zero-order valence-corrected chi connectivity index (χ0v) is 11.6. The number of nitrogens with zero attached hydrogens (tertiary/aromatic N) is 2. The summed E-state index contributed by atoms with van der Waals surface area (Å²) < 4.78 is 0. The molecule has 2 rings (SSSR count). The molecule has 0 saturated heterocycles. The summed E-state index contributed by atoms with van der Waals surface area (Å²) in [7, 11) is 1.54. The number of carbonyl (C=O) groups excluding carboxylic acids is 1. The molecule has 0 atom stereocenters. The highest BCUT2D eigenvalue weighted by atomic mass is 35.5. The van der Waals surface area contributed by atoms with Gasteiger partial charge in [0.05, 0.1) is 6.42 Å². The van der Waals surface area contributed by atoms with Gasteiger partial charge in [-0.2, -0.15) is 0 Å². The summed E-state index contributed by atoms with van der Waals surface area (Å²) in [6.45, 7) is 0.125. The van der Waals surface area contributed by atoms with E-state index in [0.717, 1.165) is 10.8 Å². The first kappa shape index (κ1) is 14.3. The van der Waals surface area contributed by atoms with E-state index < -0.39 is 5.97 Å². The van der Waals surface area contributed by atoms with E-state index in [1.54, 1.807) is 6.07 Å². The molecule has 0 radical (unpaired) electrons. The lowest BCUT2D eigenvalue weighted by atomic mass is 10.1. The van der Waals surface area contributed by atoms with Gasteiger partial charge in [0.1, 0.15) is 10.8 Å². The number of hydrogen-bond acceptors (Lipinski definition) is 3. The van der Waals surface area contributed by atoms with E-state index in [1.807, 2.05) is 24.3 Å². The Labute approximate surface area is 120 Å².